The Morgan fingerprint density at radius 2 is 2.06 bits per heavy atom. The predicted molar refractivity (Wildman–Crippen MR) is 119 cm³/mol. The van der Waals surface area contributed by atoms with Crippen LogP contribution in [-0.4, -0.2) is 44.1 Å². The fourth-order valence-electron chi connectivity index (χ4n) is 3.29. The Bertz CT molecular complexity index is 1210. The lowest BCUT2D eigenvalue weighted by atomic mass is 10.2. The molecule has 0 fully saturated rings. The molecule has 0 aliphatic heterocycles. The number of nitrogens with zero attached hydrogens (tertiary/aromatic N) is 5. The number of para-hydroxylation sites is 1. The van der Waals surface area contributed by atoms with E-state index in [-0.39, 0.29) is 11.6 Å². The molecule has 8 nitrogen and oxygen atoms in total. The summed E-state index contributed by atoms with van der Waals surface area (Å²) in [5.41, 5.74) is 1.48. The fraction of sp³-hybridized carbons (Fsp3) is 0.318. The highest BCUT2D eigenvalue weighted by molar-refractivity contribution is 7.99. The van der Waals surface area contributed by atoms with Gasteiger partial charge in [0.15, 0.2) is 5.16 Å². The zero-order valence-electron chi connectivity index (χ0n) is 17.4. The Hall–Kier alpha value is -3.04. The van der Waals surface area contributed by atoms with Gasteiger partial charge in [-0.2, -0.15) is 4.98 Å². The summed E-state index contributed by atoms with van der Waals surface area (Å²) in [5, 5.41) is 5.33. The van der Waals surface area contributed by atoms with Gasteiger partial charge in [-0.1, -0.05) is 29.1 Å². The lowest BCUT2D eigenvalue weighted by molar-refractivity contribution is 0.156. The van der Waals surface area contributed by atoms with E-state index in [2.05, 4.69) is 15.1 Å². The monoisotopic (exact) mass is 437 g/mol. The number of methoxy groups -OCH3 is 1. The van der Waals surface area contributed by atoms with Crippen LogP contribution in [0.5, 0.6) is 0 Å². The molecule has 3 aromatic heterocycles. The van der Waals surface area contributed by atoms with Crippen LogP contribution in [0.15, 0.2) is 63.3 Å². The zero-order chi connectivity index (χ0) is 21.6. The van der Waals surface area contributed by atoms with Gasteiger partial charge in [0.2, 0.25) is 11.7 Å². The van der Waals surface area contributed by atoms with Crippen LogP contribution in [-0.2, 0) is 11.2 Å². The number of aromatic nitrogens is 5. The predicted octanol–water partition coefficient (Wildman–Crippen LogP) is 3.77. The second-order valence-electron chi connectivity index (χ2n) is 7.10. The molecule has 160 valence electrons. The van der Waals surface area contributed by atoms with Crippen molar-refractivity contribution in [1.82, 2.24) is 24.7 Å². The van der Waals surface area contributed by atoms with Crippen molar-refractivity contribution in [2.45, 2.75) is 31.0 Å². The molecule has 0 saturated carbocycles. The number of pyridine rings is 1. The van der Waals surface area contributed by atoms with Crippen LogP contribution in [0.4, 0.5) is 0 Å². The van der Waals surface area contributed by atoms with Crippen molar-refractivity contribution in [2.75, 3.05) is 19.5 Å². The summed E-state index contributed by atoms with van der Waals surface area (Å²) in [6, 6.07) is 11.0. The first kappa shape index (κ1) is 21.2. The number of rotatable bonds is 9. The van der Waals surface area contributed by atoms with Crippen LogP contribution in [0, 0.1) is 0 Å². The molecular weight excluding hydrogens is 414 g/mol. The first-order valence-electron chi connectivity index (χ1n) is 10.0. The highest BCUT2D eigenvalue weighted by atomic mass is 32.2. The summed E-state index contributed by atoms with van der Waals surface area (Å²) in [6.07, 6.45) is 4.86. The minimum Gasteiger partial charge on any atom is -0.383 e. The number of hydrogen-bond acceptors (Lipinski definition) is 8. The van der Waals surface area contributed by atoms with Gasteiger partial charge >= 0.3 is 0 Å². The van der Waals surface area contributed by atoms with Crippen LogP contribution in [0.3, 0.4) is 0 Å². The van der Waals surface area contributed by atoms with E-state index < -0.39 is 0 Å². The van der Waals surface area contributed by atoms with E-state index in [1.54, 1.807) is 35.8 Å². The van der Waals surface area contributed by atoms with Gasteiger partial charge in [0, 0.05) is 37.2 Å². The van der Waals surface area contributed by atoms with Crippen molar-refractivity contribution in [3.05, 3.63) is 65.0 Å². The summed E-state index contributed by atoms with van der Waals surface area (Å²) in [7, 11) is 1.63. The molecular formula is C22H23N5O3S. The van der Waals surface area contributed by atoms with E-state index in [1.165, 1.54) is 0 Å². The zero-order valence-corrected chi connectivity index (χ0v) is 18.2. The van der Waals surface area contributed by atoms with Gasteiger partial charge in [-0.05, 0) is 37.6 Å². The van der Waals surface area contributed by atoms with Gasteiger partial charge in [-0.3, -0.25) is 14.3 Å². The highest BCUT2D eigenvalue weighted by Gasteiger charge is 2.16. The van der Waals surface area contributed by atoms with E-state index >= 15 is 0 Å². The Morgan fingerprint density at radius 1 is 1.19 bits per heavy atom. The first-order valence-corrected chi connectivity index (χ1v) is 11.0. The van der Waals surface area contributed by atoms with E-state index in [0.29, 0.717) is 40.8 Å². The van der Waals surface area contributed by atoms with Gasteiger partial charge < -0.3 is 9.26 Å². The minimum atomic E-state index is -0.116. The van der Waals surface area contributed by atoms with Crippen molar-refractivity contribution in [2.24, 2.45) is 0 Å². The summed E-state index contributed by atoms with van der Waals surface area (Å²) < 4.78 is 12.4. The van der Waals surface area contributed by atoms with Crippen molar-refractivity contribution in [3.8, 4) is 11.4 Å². The number of ether oxygens (including phenoxy) is 1. The lowest BCUT2D eigenvalue weighted by Gasteiger charge is -2.18. The maximum atomic E-state index is 13.1. The van der Waals surface area contributed by atoms with Gasteiger partial charge in [-0.25, -0.2) is 4.98 Å². The molecule has 0 aliphatic rings. The van der Waals surface area contributed by atoms with Gasteiger partial charge in [0.05, 0.1) is 23.6 Å². The van der Waals surface area contributed by atoms with Gasteiger partial charge in [-0.15, -0.1) is 0 Å². The second-order valence-corrected chi connectivity index (χ2v) is 8.16. The number of benzene rings is 1. The summed E-state index contributed by atoms with van der Waals surface area (Å²) in [6.45, 7) is 2.40. The normalized spacial score (nSPS) is 12.3. The molecule has 0 bridgehead atoms. The molecule has 1 atom stereocenters. The highest BCUT2D eigenvalue weighted by Crippen LogP contribution is 2.23. The molecule has 0 spiro atoms. The molecule has 0 amide bonds. The maximum absolute atomic E-state index is 13.1. The van der Waals surface area contributed by atoms with Crippen LogP contribution < -0.4 is 5.56 Å². The summed E-state index contributed by atoms with van der Waals surface area (Å²) in [4.78, 5) is 26.3. The topological polar surface area (TPSA) is 95.9 Å². The summed E-state index contributed by atoms with van der Waals surface area (Å²) >= 11 is 1.55. The van der Waals surface area contributed by atoms with Crippen molar-refractivity contribution in [3.63, 3.8) is 0 Å². The average molecular weight is 438 g/mol. The number of fused-ring (bicyclic) bond motifs is 1. The molecule has 0 saturated heterocycles. The molecule has 9 heteroatoms. The van der Waals surface area contributed by atoms with Gasteiger partial charge in [0.25, 0.3) is 5.56 Å². The quantitative estimate of drug-likeness (QED) is 0.222. The van der Waals surface area contributed by atoms with E-state index in [4.69, 9.17) is 14.2 Å². The van der Waals surface area contributed by atoms with Crippen LogP contribution in [0.25, 0.3) is 22.3 Å². The third-order valence-electron chi connectivity index (χ3n) is 4.78. The number of aryl methyl sites for hydroxylation is 1. The smallest absolute Gasteiger partial charge is 0.262 e. The molecule has 0 N–H and O–H groups in total. The fourth-order valence-corrected chi connectivity index (χ4v) is 4.32. The van der Waals surface area contributed by atoms with Gasteiger partial charge in [0.1, 0.15) is 0 Å². The lowest BCUT2D eigenvalue weighted by Crippen LogP contribution is -2.28. The van der Waals surface area contributed by atoms with Crippen molar-refractivity contribution >= 4 is 22.7 Å². The Balaban J connectivity index is 1.46. The second kappa shape index (κ2) is 9.84. The van der Waals surface area contributed by atoms with Crippen LogP contribution >= 0.6 is 11.8 Å². The molecule has 0 radical (unpaired) electrons. The van der Waals surface area contributed by atoms with Crippen LogP contribution in [0.2, 0.25) is 0 Å². The molecule has 0 aliphatic carbocycles. The Kier molecular flexibility index (Phi) is 6.73. The summed E-state index contributed by atoms with van der Waals surface area (Å²) in [5.74, 6) is 1.87. The molecule has 4 aromatic rings. The Morgan fingerprint density at radius 3 is 2.87 bits per heavy atom. The largest absolute Gasteiger partial charge is 0.383 e. The first-order chi connectivity index (χ1) is 15.2. The van der Waals surface area contributed by atoms with Crippen LogP contribution in [0.1, 0.15) is 25.3 Å². The molecule has 1 aromatic carbocycles. The third kappa shape index (κ3) is 4.83. The average Bonchev–Trinajstić information content (AvgIpc) is 3.27. The Labute approximate surface area is 183 Å². The van der Waals surface area contributed by atoms with Crippen molar-refractivity contribution < 1.29 is 9.26 Å². The SMILES string of the molecule is COC[C@H](C)n1c(SCCCc2nc(-c3cccnc3)no2)nc2ccccc2c1=O. The maximum Gasteiger partial charge on any atom is 0.262 e. The van der Waals surface area contributed by atoms with E-state index in [1.807, 2.05) is 43.3 Å². The molecule has 4 rings (SSSR count). The van der Waals surface area contributed by atoms with Crippen molar-refractivity contribution in [1.29, 1.82) is 0 Å². The molecule has 3 heterocycles. The van der Waals surface area contributed by atoms with E-state index in [0.717, 1.165) is 17.7 Å². The third-order valence-corrected chi connectivity index (χ3v) is 5.82. The molecule has 0 unspecified atom stereocenters. The number of hydrogen-bond donors (Lipinski definition) is 0. The van der Waals surface area contributed by atoms with E-state index in [9.17, 15) is 4.79 Å². The standard InChI is InChI=1S/C22H23N5O3S/c1-15(14-29-2)27-21(28)17-8-3-4-9-18(17)24-22(27)31-12-6-10-19-25-20(26-30-19)16-7-5-11-23-13-16/h3-5,7-9,11,13,15H,6,10,12,14H2,1-2H3/t15-/m0/s1. The number of thioether (sulfide) groups is 1. The molecule has 31 heavy (non-hydrogen) atoms. The minimum absolute atomic E-state index is 0.0457.